The minimum atomic E-state index is -0.793. The number of β-amino-alcohol motifs (C(OH)–C–C–N with tert-alkyl or cyclic N) is 1. The zero-order chi connectivity index (χ0) is 26.1. The molecule has 3 aliphatic rings. The smallest absolute Gasteiger partial charge is 0.320 e. The Morgan fingerprint density at radius 3 is 2.32 bits per heavy atom. The fourth-order valence-corrected chi connectivity index (χ4v) is 6.45. The molecule has 0 radical (unpaired) electrons. The lowest BCUT2D eigenvalue weighted by Crippen LogP contribution is -2.59. The number of carbonyl (C=O) groups is 2. The number of carbonyl (C=O) groups excluding carboxylic acids is 2. The Kier molecular flexibility index (Phi) is 6.93. The van der Waals surface area contributed by atoms with Crippen molar-refractivity contribution < 1.29 is 14.7 Å². The molecule has 5 rings (SSSR count). The number of hydrogen-bond acceptors (Lipinski definition) is 6. The zero-order valence-corrected chi connectivity index (χ0v) is 21.9. The summed E-state index contributed by atoms with van der Waals surface area (Å²) in [4.78, 5) is 40.2. The quantitative estimate of drug-likeness (QED) is 0.570. The second kappa shape index (κ2) is 10.0. The van der Waals surface area contributed by atoms with Gasteiger partial charge in [-0.2, -0.15) is 0 Å². The Balaban J connectivity index is 1.32. The van der Waals surface area contributed by atoms with Crippen LogP contribution in [0.15, 0.2) is 49.1 Å². The molecule has 2 aromatic rings. The van der Waals surface area contributed by atoms with Crippen LogP contribution in [0, 0.1) is 0 Å². The van der Waals surface area contributed by atoms with E-state index in [-0.39, 0.29) is 29.4 Å². The highest BCUT2D eigenvalue weighted by atomic mass is 16.3. The van der Waals surface area contributed by atoms with Crippen molar-refractivity contribution in [3.05, 3.63) is 54.6 Å². The summed E-state index contributed by atoms with van der Waals surface area (Å²) in [7, 11) is 4.28. The van der Waals surface area contributed by atoms with E-state index in [2.05, 4.69) is 58.5 Å². The molecule has 198 valence electrons. The summed E-state index contributed by atoms with van der Waals surface area (Å²) in [6.45, 7) is 1.30. The summed E-state index contributed by atoms with van der Waals surface area (Å²) in [5.41, 5.74) is 0.638. The highest BCUT2D eigenvalue weighted by Crippen LogP contribution is 2.50. The summed E-state index contributed by atoms with van der Waals surface area (Å²) < 4.78 is 0. The van der Waals surface area contributed by atoms with Gasteiger partial charge in [0.25, 0.3) is 0 Å². The lowest BCUT2D eigenvalue weighted by molar-refractivity contribution is -0.116. The van der Waals surface area contributed by atoms with E-state index in [4.69, 9.17) is 0 Å². The molecule has 2 N–H and O–H groups in total. The second-order valence-corrected chi connectivity index (χ2v) is 11.3. The summed E-state index contributed by atoms with van der Waals surface area (Å²) >= 11 is 0. The van der Waals surface area contributed by atoms with E-state index in [1.54, 1.807) is 12.4 Å². The summed E-state index contributed by atoms with van der Waals surface area (Å²) in [6.07, 6.45) is 10.7. The van der Waals surface area contributed by atoms with Crippen LogP contribution in [0.2, 0.25) is 0 Å². The fraction of sp³-hybridized carbons (Fsp3) is 0.571. The summed E-state index contributed by atoms with van der Waals surface area (Å²) in [5, 5.41) is 13.8. The average molecular weight is 507 g/mol. The lowest BCUT2D eigenvalue weighted by atomic mass is 9.67. The molecule has 0 atom stereocenters. The maximum absolute atomic E-state index is 13.7. The van der Waals surface area contributed by atoms with Crippen molar-refractivity contribution in [2.24, 2.45) is 0 Å². The van der Waals surface area contributed by atoms with Crippen molar-refractivity contribution in [2.75, 3.05) is 39.0 Å². The number of aliphatic hydroxyl groups is 1. The Hall–Kier alpha value is -3.04. The highest BCUT2D eigenvalue weighted by molar-refractivity contribution is 5.90. The van der Waals surface area contributed by atoms with Crippen LogP contribution in [0.3, 0.4) is 0 Å². The Morgan fingerprint density at radius 1 is 1.05 bits per heavy atom. The summed E-state index contributed by atoms with van der Waals surface area (Å²) in [6, 6.07) is 10.6. The molecule has 1 aromatic heterocycles. The zero-order valence-electron chi connectivity index (χ0n) is 21.9. The molecule has 3 fully saturated rings. The first-order valence-electron chi connectivity index (χ1n) is 13.3. The van der Waals surface area contributed by atoms with Gasteiger partial charge in [-0.15, -0.1) is 0 Å². The van der Waals surface area contributed by atoms with Crippen molar-refractivity contribution in [3.8, 4) is 0 Å². The number of aromatic nitrogens is 2. The monoisotopic (exact) mass is 506 g/mol. The standard InChI is InChI=1S/C28H38N6O3/c1-32(2)28(22-7-4-3-5-8-22)14-12-26(13-15-28)19-33(25(36)34(26)20-27(37)10-6-11-27)16-9-24(35)31-23-17-29-21-30-18-23/h3-5,7-8,17-18,21,37H,6,9-16,19-20H2,1-2H3,(H,31,35)/t26-,28-. The molecule has 0 unspecified atom stereocenters. The molecule has 2 aliphatic carbocycles. The fourth-order valence-electron chi connectivity index (χ4n) is 6.45. The number of nitrogens with zero attached hydrogens (tertiary/aromatic N) is 5. The van der Waals surface area contributed by atoms with Gasteiger partial charge in [0.2, 0.25) is 5.91 Å². The predicted molar refractivity (Wildman–Crippen MR) is 141 cm³/mol. The van der Waals surface area contributed by atoms with Gasteiger partial charge >= 0.3 is 6.03 Å². The molecule has 1 aliphatic heterocycles. The van der Waals surface area contributed by atoms with Crippen molar-refractivity contribution in [2.45, 2.75) is 68.0 Å². The molecular weight excluding hydrogens is 468 g/mol. The molecular formula is C28H38N6O3. The maximum atomic E-state index is 13.7. The van der Waals surface area contributed by atoms with E-state index in [9.17, 15) is 14.7 Å². The van der Waals surface area contributed by atoms with Gasteiger partial charge in [0, 0.05) is 25.0 Å². The number of rotatable bonds is 8. The van der Waals surface area contributed by atoms with Crippen LogP contribution >= 0.6 is 0 Å². The molecule has 1 spiro atoms. The van der Waals surface area contributed by atoms with Crippen LogP contribution in [-0.4, -0.2) is 86.6 Å². The van der Waals surface area contributed by atoms with E-state index in [1.165, 1.54) is 11.9 Å². The first-order valence-corrected chi connectivity index (χ1v) is 13.3. The third-order valence-electron chi connectivity index (χ3n) is 8.92. The normalized spacial score (nSPS) is 27.0. The summed E-state index contributed by atoms with van der Waals surface area (Å²) in [5.74, 6) is -0.174. The molecule has 0 bridgehead atoms. The van der Waals surface area contributed by atoms with E-state index < -0.39 is 5.60 Å². The van der Waals surface area contributed by atoms with Gasteiger partial charge in [-0.05, 0) is 64.6 Å². The third-order valence-corrected chi connectivity index (χ3v) is 8.92. The van der Waals surface area contributed by atoms with Crippen LogP contribution in [0.5, 0.6) is 0 Å². The van der Waals surface area contributed by atoms with Crippen LogP contribution in [0.25, 0.3) is 0 Å². The number of anilines is 1. The molecule has 9 nitrogen and oxygen atoms in total. The SMILES string of the molecule is CN(C)[C@]1(c2ccccc2)CC[C@@]2(CC1)CN(CCC(=O)Nc1cncnc1)C(=O)N2CC1(O)CCC1. The first-order chi connectivity index (χ1) is 17.8. The molecule has 2 saturated carbocycles. The lowest BCUT2D eigenvalue weighted by Gasteiger charge is -2.52. The topological polar surface area (TPSA) is 102 Å². The van der Waals surface area contributed by atoms with Crippen LogP contribution in [-0.2, 0) is 10.3 Å². The molecule has 1 aromatic carbocycles. The number of benzene rings is 1. The van der Waals surface area contributed by atoms with Crippen LogP contribution in [0.4, 0.5) is 10.5 Å². The predicted octanol–water partition coefficient (Wildman–Crippen LogP) is 3.23. The van der Waals surface area contributed by atoms with Gasteiger partial charge in [0.05, 0.1) is 35.8 Å². The van der Waals surface area contributed by atoms with Crippen LogP contribution in [0.1, 0.15) is 56.9 Å². The number of urea groups is 1. The Labute approximate surface area is 218 Å². The Morgan fingerprint density at radius 2 is 1.73 bits per heavy atom. The van der Waals surface area contributed by atoms with Gasteiger partial charge in [0.15, 0.2) is 0 Å². The van der Waals surface area contributed by atoms with Crippen LogP contribution < -0.4 is 5.32 Å². The number of hydrogen-bond donors (Lipinski definition) is 2. The van der Waals surface area contributed by atoms with Gasteiger partial charge in [-0.1, -0.05) is 30.3 Å². The van der Waals surface area contributed by atoms with Gasteiger partial charge in [-0.25, -0.2) is 14.8 Å². The molecule has 37 heavy (non-hydrogen) atoms. The van der Waals surface area contributed by atoms with E-state index in [0.717, 1.165) is 44.9 Å². The van der Waals surface area contributed by atoms with E-state index in [1.807, 2.05) is 15.9 Å². The minimum absolute atomic E-state index is 0.0618. The van der Waals surface area contributed by atoms with Gasteiger partial charge in [-0.3, -0.25) is 9.69 Å². The first kappa shape index (κ1) is 25.6. The Bertz CT molecular complexity index is 1100. The second-order valence-electron chi connectivity index (χ2n) is 11.3. The average Bonchev–Trinajstić information content (AvgIpc) is 3.13. The largest absolute Gasteiger partial charge is 0.388 e. The molecule has 3 amide bonds. The van der Waals surface area contributed by atoms with Crippen molar-refractivity contribution in [1.29, 1.82) is 0 Å². The highest BCUT2D eigenvalue weighted by Gasteiger charge is 2.56. The maximum Gasteiger partial charge on any atom is 0.320 e. The molecule has 1 saturated heterocycles. The minimum Gasteiger partial charge on any atom is -0.388 e. The molecule has 9 heteroatoms. The van der Waals surface area contributed by atoms with Crippen molar-refractivity contribution in [3.63, 3.8) is 0 Å². The number of nitrogens with one attached hydrogen (secondary N) is 1. The van der Waals surface area contributed by atoms with E-state index >= 15 is 0 Å². The van der Waals surface area contributed by atoms with Gasteiger partial charge < -0.3 is 20.2 Å². The van der Waals surface area contributed by atoms with E-state index in [0.29, 0.717) is 25.3 Å². The van der Waals surface area contributed by atoms with Crippen molar-refractivity contribution >= 4 is 17.6 Å². The van der Waals surface area contributed by atoms with Gasteiger partial charge in [0.1, 0.15) is 6.33 Å². The number of amides is 3. The molecule has 2 heterocycles. The third kappa shape index (κ3) is 4.94. The van der Waals surface area contributed by atoms with Crippen molar-refractivity contribution in [1.82, 2.24) is 24.7 Å².